The fourth-order valence-corrected chi connectivity index (χ4v) is 3.41. The summed E-state index contributed by atoms with van der Waals surface area (Å²) in [6.45, 7) is 6.46. The number of aromatic nitrogens is 4. The molecule has 0 aliphatic rings. The second-order valence-electron chi connectivity index (χ2n) is 6.05. The van der Waals surface area contributed by atoms with Gasteiger partial charge in [-0.05, 0) is 36.8 Å². The van der Waals surface area contributed by atoms with Gasteiger partial charge in [-0.2, -0.15) is 0 Å². The van der Waals surface area contributed by atoms with Crippen molar-refractivity contribution in [1.29, 1.82) is 0 Å². The largest absolute Gasteiger partial charge is 0.351 e. The Bertz CT molecular complexity index is 943. The van der Waals surface area contributed by atoms with E-state index in [0.717, 1.165) is 11.1 Å². The second-order valence-corrected chi connectivity index (χ2v) is 7.35. The number of rotatable bonds is 8. The molecule has 2 aromatic heterocycles. The Morgan fingerprint density at radius 1 is 1.25 bits per heavy atom. The molecule has 1 atom stereocenters. The summed E-state index contributed by atoms with van der Waals surface area (Å²) < 4.78 is 14.9. The van der Waals surface area contributed by atoms with E-state index in [0.29, 0.717) is 24.1 Å². The van der Waals surface area contributed by atoms with Crippen molar-refractivity contribution in [1.82, 2.24) is 25.1 Å². The van der Waals surface area contributed by atoms with Gasteiger partial charge in [-0.3, -0.25) is 14.3 Å². The molecule has 1 N–H and O–H groups in total. The minimum Gasteiger partial charge on any atom is -0.351 e. The van der Waals surface area contributed by atoms with Gasteiger partial charge in [-0.1, -0.05) is 30.0 Å². The zero-order chi connectivity index (χ0) is 19.9. The van der Waals surface area contributed by atoms with Gasteiger partial charge in [-0.25, -0.2) is 4.39 Å². The molecule has 0 spiro atoms. The second kappa shape index (κ2) is 9.27. The first-order valence-corrected chi connectivity index (χ1v) is 9.59. The number of carbonyl (C=O) groups is 1. The SMILES string of the molecule is C=CCn1c(S[C@H](C)C(=O)NCc2ccc(F)cc2)nnc1-c1ccncc1. The van der Waals surface area contributed by atoms with Crippen molar-refractivity contribution >= 4 is 17.7 Å². The summed E-state index contributed by atoms with van der Waals surface area (Å²) in [5.41, 5.74) is 1.73. The Morgan fingerprint density at radius 2 is 1.96 bits per heavy atom. The lowest BCUT2D eigenvalue weighted by molar-refractivity contribution is -0.120. The average Bonchev–Trinajstić information content (AvgIpc) is 3.10. The maximum absolute atomic E-state index is 13.0. The number of amides is 1. The molecule has 0 fully saturated rings. The van der Waals surface area contributed by atoms with Gasteiger partial charge in [0.25, 0.3) is 0 Å². The summed E-state index contributed by atoms with van der Waals surface area (Å²) in [5.74, 6) is 0.266. The molecule has 0 saturated heterocycles. The van der Waals surface area contributed by atoms with Gasteiger partial charge < -0.3 is 5.32 Å². The molecule has 0 bridgehead atoms. The van der Waals surface area contributed by atoms with E-state index in [9.17, 15) is 9.18 Å². The number of hydrogen-bond donors (Lipinski definition) is 1. The Morgan fingerprint density at radius 3 is 2.64 bits per heavy atom. The van der Waals surface area contributed by atoms with E-state index in [2.05, 4.69) is 27.1 Å². The highest BCUT2D eigenvalue weighted by molar-refractivity contribution is 8.00. The van der Waals surface area contributed by atoms with Crippen LogP contribution in [0, 0.1) is 5.82 Å². The van der Waals surface area contributed by atoms with E-state index in [1.165, 1.54) is 23.9 Å². The number of pyridine rings is 1. The van der Waals surface area contributed by atoms with Crippen LogP contribution in [0.1, 0.15) is 12.5 Å². The summed E-state index contributed by atoms with van der Waals surface area (Å²) in [6.07, 6.45) is 5.15. The van der Waals surface area contributed by atoms with E-state index >= 15 is 0 Å². The number of benzene rings is 1. The third kappa shape index (κ3) is 4.83. The zero-order valence-electron chi connectivity index (χ0n) is 15.4. The molecular formula is C20H20FN5OS. The first kappa shape index (κ1) is 19.8. The van der Waals surface area contributed by atoms with E-state index in [1.807, 2.05) is 23.6 Å². The zero-order valence-corrected chi connectivity index (χ0v) is 16.2. The number of hydrogen-bond acceptors (Lipinski definition) is 5. The van der Waals surface area contributed by atoms with Gasteiger partial charge in [0.1, 0.15) is 5.82 Å². The standard InChI is InChI=1S/C20H20FN5OS/c1-3-12-26-18(16-8-10-22-11-9-16)24-25-20(26)28-14(2)19(27)23-13-15-4-6-17(21)7-5-15/h3-11,14H,1,12-13H2,2H3,(H,23,27)/t14-/m1/s1. The van der Waals surface area contributed by atoms with Crippen molar-refractivity contribution in [3.05, 3.63) is 72.8 Å². The predicted octanol–water partition coefficient (Wildman–Crippen LogP) is 3.46. The van der Waals surface area contributed by atoms with Gasteiger partial charge in [-0.15, -0.1) is 16.8 Å². The highest BCUT2D eigenvalue weighted by atomic mass is 32.2. The first-order chi connectivity index (χ1) is 13.6. The summed E-state index contributed by atoms with van der Waals surface area (Å²) in [5, 5.41) is 11.6. The van der Waals surface area contributed by atoms with Crippen LogP contribution < -0.4 is 5.32 Å². The predicted molar refractivity (Wildman–Crippen MR) is 107 cm³/mol. The van der Waals surface area contributed by atoms with Crippen LogP contribution in [0.3, 0.4) is 0 Å². The van der Waals surface area contributed by atoms with Crippen LogP contribution in [0.4, 0.5) is 4.39 Å². The molecule has 0 aliphatic heterocycles. The highest BCUT2D eigenvalue weighted by Gasteiger charge is 2.20. The smallest absolute Gasteiger partial charge is 0.233 e. The summed E-state index contributed by atoms with van der Waals surface area (Å²) in [6, 6.07) is 9.76. The molecule has 2 heterocycles. The summed E-state index contributed by atoms with van der Waals surface area (Å²) in [4.78, 5) is 16.5. The molecule has 28 heavy (non-hydrogen) atoms. The van der Waals surface area contributed by atoms with E-state index in [4.69, 9.17) is 0 Å². The number of nitrogens with one attached hydrogen (secondary N) is 1. The Balaban J connectivity index is 1.68. The van der Waals surface area contributed by atoms with Crippen LogP contribution in [0.25, 0.3) is 11.4 Å². The van der Waals surface area contributed by atoms with Crippen molar-refractivity contribution in [2.75, 3.05) is 0 Å². The van der Waals surface area contributed by atoms with Crippen molar-refractivity contribution < 1.29 is 9.18 Å². The topological polar surface area (TPSA) is 72.7 Å². The van der Waals surface area contributed by atoms with Crippen LogP contribution in [0.5, 0.6) is 0 Å². The third-order valence-electron chi connectivity index (χ3n) is 4.00. The molecule has 144 valence electrons. The lowest BCUT2D eigenvalue weighted by atomic mass is 10.2. The molecule has 1 aromatic carbocycles. The van der Waals surface area contributed by atoms with Crippen molar-refractivity contribution in [2.45, 2.75) is 30.4 Å². The summed E-state index contributed by atoms with van der Waals surface area (Å²) >= 11 is 1.33. The van der Waals surface area contributed by atoms with E-state index in [1.54, 1.807) is 30.6 Å². The van der Waals surface area contributed by atoms with Crippen molar-refractivity contribution in [2.24, 2.45) is 0 Å². The quantitative estimate of drug-likeness (QED) is 0.465. The molecule has 6 nitrogen and oxygen atoms in total. The maximum Gasteiger partial charge on any atom is 0.233 e. The summed E-state index contributed by atoms with van der Waals surface area (Å²) in [7, 11) is 0. The molecule has 8 heteroatoms. The number of allylic oxidation sites excluding steroid dienone is 1. The molecule has 3 rings (SSSR count). The lowest BCUT2D eigenvalue weighted by Crippen LogP contribution is -2.30. The van der Waals surface area contributed by atoms with Gasteiger partial charge in [0.05, 0.1) is 5.25 Å². The minimum atomic E-state index is -0.376. The van der Waals surface area contributed by atoms with E-state index in [-0.39, 0.29) is 17.0 Å². The van der Waals surface area contributed by atoms with Crippen molar-refractivity contribution in [3.63, 3.8) is 0 Å². The molecule has 1 amide bonds. The Labute approximate surface area is 166 Å². The minimum absolute atomic E-state index is 0.132. The molecule has 0 unspecified atom stereocenters. The maximum atomic E-state index is 13.0. The molecule has 0 saturated carbocycles. The number of halogens is 1. The van der Waals surface area contributed by atoms with Crippen LogP contribution in [-0.2, 0) is 17.9 Å². The van der Waals surface area contributed by atoms with E-state index < -0.39 is 0 Å². The van der Waals surface area contributed by atoms with Gasteiger partial charge in [0.2, 0.25) is 5.91 Å². The van der Waals surface area contributed by atoms with Crippen LogP contribution in [0.2, 0.25) is 0 Å². The Kier molecular flexibility index (Phi) is 6.54. The highest BCUT2D eigenvalue weighted by Crippen LogP contribution is 2.26. The number of thioether (sulfide) groups is 1. The molecule has 0 radical (unpaired) electrons. The Hall–Kier alpha value is -3.00. The molecular weight excluding hydrogens is 377 g/mol. The van der Waals surface area contributed by atoms with Crippen molar-refractivity contribution in [3.8, 4) is 11.4 Å². The lowest BCUT2D eigenvalue weighted by Gasteiger charge is -2.13. The fraction of sp³-hybridized carbons (Fsp3) is 0.200. The molecule has 0 aliphatic carbocycles. The van der Waals surface area contributed by atoms with Crippen LogP contribution in [-0.4, -0.2) is 30.9 Å². The van der Waals surface area contributed by atoms with Crippen LogP contribution >= 0.6 is 11.8 Å². The monoisotopic (exact) mass is 397 g/mol. The van der Waals surface area contributed by atoms with Gasteiger partial charge in [0, 0.05) is 31.0 Å². The normalized spacial score (nSPS) is 11.8. The van der Waals surface area contributed by atoms with Gasteiger partial charge >= 0.3 is 0 Å². The fourth-order valence-electron chi connectivity index (χ4n) is 2.53. The van der Waals surface area contributed by atoms with Crippen LogP contribution in [0.15, 0.2) is 66.6 Å². The number of carbonyl (C=O) groups excluding carboxylic acids is 1. The first-order valence-electron chi connectivity index (χ1n) is 8.71. The third-order valence-corrected chi connectivity index (χ3v) is 5.08. The van der Waals surface area contributed by atoms with Gasteiger partial charge in [0.15, 0.2) is 11.0 Å². The number of nitrogens with zero attached hydrogens (tertiary/aromatic N) is 4. The molecule has 3 aromatic rings. The average molecular weight is 397 g/mol.